The molecule has 0 aliphatic rings. The van der Waals surface area contributed by atoms with Crippen LogP contribution in [0.25, 0.3) is 0 Å². The molecule has 7 nitrogen and oxygen atoms in total. The Labute approximate surface area is 111 Å². The van der Waals surface area contributed by atoms with Crippen LogP contribution in [0.1, 0.15) is 5.56 Å². The summed E-state index contributed by atoms with van der Waals surface area (Å²) in [6.45, 7) is 1.55. The highest BCUT2D eigenvalue weighted by atomic mass is 16.5. The Bertz CT molecular complexity index is 458. The van der Waals surface area contributed by atoms with Crippen LogP contribution in [0.15, 0.2) is 12.3 Å². The van der Waals surface area contributed by atoms with Gasteiger partial charge in [0, 0.05) is 6.20 Å². The summed E-state index contributed by atoms with van der Waals surface area (Å²) < 4.78 is 9.17. The third-order valence-electron chi connectivity index (χ3n) is 2.58. The Balaban J connectivity index is 3.04. The van der Waals surface area contributed by atoms with E-state index < -0.39 is 11.9 Å². The number of ether oxygens (including phenoxy) is 2. The first-order valence-corrected chi connectivity index (χ1v) is 5.59. The molecule has 1 rings (SSSR count). The Morgan fingerprint density at radius 3 is 2.26 bits per heavy atom. The van der Waals surface area contributed by atoms with Gasteiger partial charge in [0.05, 0.1) is 19.9 Å². The SMILES string of the molecule is COC(=O)CN(CC(=O)OC)c1nccc(C)c1N. The molecule has 1 aromatic rings. The van der Waals surface area contributed by atoms with Gasteiger partial charge in [0.2, 0.25) is 0 Å². The molecule has 0 bridgehead atoms. The van der Waals surface area contributed by atoms with Gasteiger partial charge in [-0.2, -0.15) is 0 Å². The minimum atomic E-state index is -0.494. The van der Waals surface area contributed by atoms with Crippen LogP contribution in [0, 0.1) is 6.92 Å². The number of anilines is 2. The second-order valence-corrected chi connectivity index (χ2v) is 3.87. The predicted molar refractivity (Wildman–Crippen MR) is 69.6 cm³/mol. The average molecular weight is 267 g/mol. The molecule has 0 radical (unpaired) electrons. The van der Waals surface area contributed by atoms with E-state index in [9.17, 15) is 9.59 Å². The van der Waals surface area contributed by atoms with Crippen molar-refractivity contribution in [2.45, 2.75) is 6.92 Å². The lowest BCUT2D eigenvalue weighted by Crippen LogP contribution is -2.36. The van der Waals surface area contributed by atoms with Gasteiger partial charge in [-0.05, 0) is 18.6 Å². The van der Waals surface area contributed by atoms with Crippen LogP contribution in [-0.4, -0.2) is 44.2 Å². The topological polar surface area (TPSA) is 94.8 Å². The number of hydrogen-bond acceptors (Lipinski definition) is 7. The number of aryl methyl sites for hydroxylation is 1. The molecule has 0 saturated heterocycles. The molecule has 0 amide bonds. The monoisotopic (exact) mass is 267 g/mol. The molecular formula is C12H17N3O4. The summed E-state index contributed by atoms with van der Waals surface area (Å²) in [5, 5.41) is 0. The minimum absolute atomic E-state index is 0.133. The van der Waals surface area contributed by atoms with Gasteiger partial charge >= 0.3 is 11.9 Å². The fourth-order valence-corrected chi connectivity index (χ4v) is 1.45. The predicted octanol–water partition coefficient (Wildman–Crippen LogP) is 0.125. The number of pyridine rings is 1. The lowest BCUT2D eigenvalue weighted by Gasteiger charge is -2.22. The summed E-state index contributed by atoms with van der Waals surface area (Å²) in [7, 11) is 2.54. The quantitative estimate of drug-likeness (QED) is 0.757. The molecule has 19 heavy (non-hydrogen) atoms. The molecule has 0 atom stereocenters. The van der Waals surface area contributed by atoms with Gasteiger partial charge in [-0.1, -0.05) is 0 Å². The highest BCUT2D eigenvalue weighted by Crippen LogP contribution is 2.23. The van der Waals surface area contributed by atoms with Crippen molar-refractivity contribution in [1.29, 1.82) is 0 Å². The Morgan fingerprint density at radius 1 is 1.26 bits per heavy atom. The fourth-order valence-electron chi connectivity index (χ4n) is 1.45. The molecule has 1 aromatic heterocycles. The normalized spacial score (nSPS) is 9.84. The molecule has 0 spiro atoms. The van der Waals surface area contributed by atoms with Crippen LogP contribution in [0.5, 0.6) is 0 Å². The lowest BCUT2D eigenvalue weighted by molar-refractivity contribution is -0.140. The van der Waals surface area contributed by atoms with Crippen molar-refractivity contribution in [2.24, 2.45) is 0 Å². The van der Waals surface area contributed by atoms with Crippen LogP contribution in [0.2, 0.25) is 0 Å². The molecule has 0 aromatic carbocycles. The number of rotatable bonds is 5. The number of carbonyl (C=O) groups is 2. The third kappa shape index (κ3) is 3.84. The number of carbonyl (C=O) groups excluding carboxylic acids is 2. The average Bonchev–Trinajstić information content (AvgIpc) is 2.40. The summed E-state index contributed by atoms with van der Waals surface area (Å²) in [6.07, 6.45) is 1.56. The third-order valence-corrected chi connectivity index (χ3v) is 2.58. The van der Waals surface area contributed by atoms with Crippen LogP contribution in [-0.2, 0) is 19.1 Å². The van der Waals surface area contributed by atoms with Crippen LogP contribution >= 0.6 is 0 Å². The Hall–Kier alpha value is -2.31. The van der Waals surface area contributed by atoms with Gasteiger partial charge in [0.15, 0.2) is 5.82 Å². The molecule has 0 saturated carbocycles. The van der Waals surface area contributed by atoms with E-state index in [1.807, 2.05) is 6.92 Å². The first-order valence-electron chi connectivity index (χ1n) is 5.59. The van der Waals surface area contributed by atoms with E-state index in [4.69, 9.17) is 5.73 Å². The molecule has 104 valence electrons. The van der Waals surface area contributed by atoms with E-state index in [1.165, 1.54) is 19.1 Å². The van der Waals surface area contributed by atoms with E-state index in [1.54, 1.807) is 12.3 Å². The van der Waals surface area contributed by atoms with Crippen molar-refractivity contribution in [3.8, 4) is 0 Å². The number of nitrogen functional groups attached to an aromatic ring is 1. The zero-order valence-corrected chi connectivity index (χ0v) is 11.2. The van der Waals surface area contributed by atoms with Crippen molar-refractivity contribution < 1.29 is 19.1 Å². The van der Waals surface area contributed by atoms with Gasteiger partial charge in [-0.25, -0.2) is 4.98 Å². The number of aromatic nitrogens is 1. The van der Waals surface area contributed by atoms with Crippen LogP contribution < -0.4 is 10.6 Å². The molecule has 1 heterocycles. The second-order valence-electron chi connectivity index (χ2n) is 3.87. The minimum Gasteiger partial charge on any atom is -0.468 e. The van der Waals surface area contributed by atoms with E-state index in [0.717, 1.165) is 5.56 Å². The van der Waals surface area contributed by atoms with Gasteiger partial charge in [0.25, 0.3) is 0 Å². The van der Waals surface area contributed by atoms with Crippen molar-refractivity contribution in [3.05, 3.63) is 17.8 Å². The van der Waals surface area contributed by atoms with Crippen LogP contribution in [0.3, 0.4) is 0 Å². The van der Waals surface area contributed by atoms with E-state index in [-0.39, 0.29) is 13.1 Å². The van der Waals surface area contributed by atoms with E-state index in [2.05, 4.69) is 14.5 Å². The standard InChI is InChI=1S/C12H17N3O4/c1-8-4-5-14-12(11(8)13)15(6-9(16)18-2)7-10(17)19-3/h4-5H,6-7,13H2,1-3H3. The summed E-state index contributed by atoms with van der Waals surface area (Å²) in [5.74, 6) is -0.631. The molecular weight excluding hydrogens is 250 g/mol. The number of nitrogens with two attached hydrogens (primary N) is 1. The second kappa shape index (κ2) is 6.58. The Morgan fingerprint density at radius 2 is 1.79 bits per heavy atom. The molecule has 7 heteroatoms. The smallest absolute Gasteiger partial charge is 0.325 e. The number of hydrogen-bond donors (Lipinski definition) is 1. The van der Waals surface area contributed by atoms with Crippen molar-refractivity contribution in [3.63, 3.8) is 0 Å². The summed E-state index contributed by atoms with van der Waals surface area (Å²) in [5.41, 5.74) is 7.13. The van der Waals surface area contributed by atoms with Gasteiger partial charge in [0.1, 0.15) is 13.1 Å². The summed E-state index contributed by atoms with van der Waals surface area (Å²) in [6, 6.07) is 1.74. The summed E-state index contributed by atoms with van der Waals surface area (Å²) >= 11 is 0. The largest absolute Gasteiger partial charge is 0.468 e. The zero-order chi connectivity index (χ0) is 14.4. The molecule has 0 aliphatic heterocycles. The van der Waals surface area contributed by atoms with E-state index >= 15 is 0 Å². The highest BCUT2D eigenvalue weighted by Gasteiger charge is 2.19. The van der Waals surface area contributed by atoms with E-state index in [0.29, 0.717) is 11.5 Å². The van der Waals surface area contributed by atoms with Gasteiger partial charge in [-0.3, -0.25) is 9.59 Å². The maximum Gasteiger partial charge on any atom is 0.325 e. The Kier molecular flexibility index (Phi) is 5.11. The number of esters is 2. The first-order chi connectivity index (χ1) is 8.99. The number of methoxy groups -OCH3 is 2. The van der Waals surface area contributed by atoms with Gasteiger partial charge in [-0.15, -0.1) is 0 Å². The van der Waals surface area contributed by atoms with Gasteiger partial charge < -0.3 is 20.1 Å². The maximum absolute atomic E-state index is 11.4. The highest BCUT2D eigenvalue weighted by molar-refractivity contribution is 5.83. The lowest BCUT2D eigenvalue weighted by atomic mass is 10.2. The number of nitrogens with zero attached hydrogens (tertiary/aromatic N) is 2. The molecule has 2 N–H and O–H groups in total. The summed E-state index contributed by atoms with van der Waals surface area (Å²) in [4.78, 5) is 28.3. The van der Waals surface area contributed by atoms with Crippen molar-refractivity contribution in [2.75, 3.05) is 37.9 Å². The zero-order valence-electron chi connectivity index (χ0n) is 11.2. The van der Waals surface area contributed by atoms with Crippen molar-refractivity contribution in [1.82, 2.24) is 4.98 Å². The molecule has 0 unspecified atom stereocenters. The first kappa shape index (κ1) is 14.7. The molecule has 0 fully saturated rings. The van der Waals surface area contributed by atoms with Crippen molar-refractivity contribution >= 4 is 23.4 Å². The maximum atomic E-state index is 11.4. The molecule has 0 aliphatic carbocycles. The fraction of sp³-hybridized carbons (Fsp3) is 0.417. The van der Waals surface area contributed by atoms with Crippen LogP contribution in [0.4, 0.5) is 11.5 Å².